The van der Waals surface area contributed by atoms with E-state index in [9.17, 15) is 13.2 Å². The summed E-state index contributed by atoms with van der Waals surface area (Å²) in [5, 5.41) is 2.86. The first kappa shape index (κ1) is 20.0. The highest BCUT2D eigenvalue weighted by Gasteiger charge is 2.19. The first-order chi connectivity index (χ1) is 12.2. The van der Waals surface area contributed by atoms with Gasteiger partial charge < -0.3 is 5.32 Å². The number of carbonyl (C=O) groups excluding carboxylic acids is 1. The minimum Gasteiger partial charge on any atom is -0.350 e. The molecule has 0 saturated carbocycles. The number of anilines is 1. The van der Waals surface area contributed by atoms with E-state index in [-0.39, 0.29) is 22.5 Å². The van der Waals surface area contributed by atoms with Gasteiger partial charge in [0.05, 0.1) is 16.1 Å². The van der Waals surface area contributed by atoms with E-state index in [1.165, 1.54) is 0 Å². The predicted molar refractivity (Wildman–Crippen MR) is 105 cm³/mol. The van der Waals surface area contributed by atoms with Crippen molar-refractivity contribution in [3.63, 3.8) is 0 Å². The van der Waals surface area contributed by atoms with Gasteiger partial charge in [-0.25, -0.2) is 8.42 Å². The monoisotopic (exact) mass is 374 g/mol. The second kappa shape index (κ2) is 8.36. The van der Waals surface area contributed by atoms with E-state index in [4.69, 9.17) is 0 Å². The molecule has 0 bridgehead atoms. The van der Waals surface area contributed by atoms with Crippen molar-refractivity contribution in [3.05, 3.63) is 59.7 Å². The van der Waals surface area contributed by atoms with E-state index < -0.39 is 10.0 Å². The van der Waals surface area contributed by atoms with Crippen molar-refractivity contribution >= 4 is 21.6 Å². The van der Waals surface area contributed by atoms with Gasteiger partial charge in [-0.1, -0.05) is 45.0 Å². The minimum absolute atomic E-state index is 0.00995. The van der Waals surface area contributed by atoms with Crippen molar-refractivity contribution in [3.8, 4) is 0 Å². The molecule has 2 N–H and O–H groups in total. The molecular weight excluding hydrogens is 348 g/mol. The third-order valence-electron chi connectivity index (χ3n) is 4.26. The van der Waals surface area contributed by atoms with Gasteiger partial charge in [0.2, 0.25) is 0 Å². The van der Waals surface area contributed by atoms with Crippen LogP contribution in [-0.2, 0) is 10.0 Å². The van der Waals surface area contributed by atoms with Gasteiger partial charge in [0.1, 0.15) is 0 Å². The summed E-state index contributed by atoms with van der Waals surface area (Å²) in [5.41, 5.74) is 1.63. The Morgan fingerprint density at radius 1 is 1.00 bits per heavy atom. The molecule has 1 atom stereocenters. The van der Waals surface area contributed by atoms with Gasteiger partial charge in [-0.3, -0.25) is 9.52 Å². The summed E-state index contributed by atoms with van der Waals surface area (Å²) >= 11 is 0. The van der Waals surface area contributed by atoms with E-state index in [2.05, 4.69) is 10.0 Å². The Balaban J connectivity index is 2.28. The zero-order valence-electron chi connectivity index (χ0n) is 15.6. The molecule has 140 valence electrons. The Bertz CT molecular complexity index is 859. The first-order valence-electron chi connectivity index (χ1n) is 8.77. The Morgan fingerprint density at radius 2 is 1.62 bits per heavy atom. The second-order valence-electron chi connectivity index (χ2n) is 6.66. The molecule has 0 unspecified atom stereocenters. The molecule has 0 saturated heterocycles. The summed E-state index contributed by atoms with van der Waals surface area (Å²) < 4.78 is 27.9. The molecule has 5 nitrogen and oxygen atoms in total. The highest BCUT2D eigenvalue weighted by molar-refractivity contribution is 7.92. The number of rotatable bonds is 7. The van der Waals surface area contributed by atoms with Crippen LogP contribution in [0.1, 0.15) is 56.0 Å². The summed E-state index contributed by atoms with van der Waals surface area (Å²) in [4.78, 5) is 12.6. The topological polar surface area (TPSA) is 75.3 Å². The SMILES string of the molecule is CC[C@@H](C)NC(=O)c1ccccc1NS(=O)(=O)c1ccc(C(C)C)cc1. The summed E-state index contributed by atoms with van der Waals surface area (Å²) in [7, 11) is -3.78. The summed E-state index contributed by atoms with van der Waals surface area (Å²) in [6.45, 7) is 7.98. The molecule has 0 heterocycles. The van der Waals surface area contributed by atoms with Crippen molar-refractivity contribution in [2.45, 2.75) is 51.0 Å². The second-order valence-corrected chi connectivity index (χ2v) is 8.34. The lowest BCUT2D eigenvalue weighted by Gasteiger charge is -2.15. The van der Waals surface area contributed by atoms with Crippen LogP contribution in [0.3, 0.4) is 0 Å². The minimum atomic E-state index is -3.78. The van der Waals surface area contributed by atoms with Gasteiger partial charge in [-0.2, -0.15) is 0 Å². The van der Waals surface area contributed by atoms with Crippen molar-refractivity contribution in [2.24, 2.45) is 0 Å². The molecule has 1 amide bonds. The number of nitrogens with one attached hydrogen (secondary N) is 2. The fourth-order valence-corrected chi connectivity index (χ4v) is 3.49. The van der Waals surface area contributed by atoms with Crippen molar-refractivity contribution in [1.82, 2.24) is 5.32 Å². The molecule has 2 aromatic carbocycles. The van der Waals surface area contributed by atoms with Crippen molar-refractivity contribution in [2.75, 3.05) is 4.72 Å². The zero-order chi connectivity index (χ0) is 19.3. The number of para-hydroxylation sites is 1. The van der Waals surface area contributed by atoms with Crippen LogP contribution in [0.15, 0.2) is 53.4 Å². The lowest BCUT2D eigenvalue weighted by atomic mass is 10.0. The Labute approximate surface area is 155 Å². The highest BCUT2D eigenvalue weighted by Crippen LogP contribution is 2.22. The lowest BCUT2D eigenvalue weighted by Crippen LogP contribution is -2.32. The number of carbonyl (C=O) groups is 1. The van der Waals surface area contributed by atoms with E-state index in [1.54, 1.807) is 48.5 Å². The standard InChI is InChI=1S/C20H26N2O3S/c1-5-15(4)21-20(23)18-8-6-7-9-19(18)22-26(24,25)17-12-10-16(11-13-17)14(2)3/h6-15,22H,5H2,1-4H3,(H,21,23)/t15-/m1/s1. The number of hydrogen-bond acceptors (Lipinski definition) is 3. The molecule has 6 heteroatoms. The average Bonchev–Trinajstić information content (AvgIpc) is 2.61. The Morgan fingerprint density at radius 3 is 2.19 bits per heavy atom. The fraction of sp³-hybridized carbons (Fsp3) is 0.350. The van der Waals surface area contributed by atoms with Crippen LogP contribution in [0.25, 0.3) is 0 Å². The maximum atomic E-state index is 12.7. The Kier molecular flexibility index (Phi) is 6.42. The van der Waals surface area contributed by atoms with Crippen LogP contribution in [0.2, 0.25) is 0 Å². The summed E-state index contributed by atoms with van der Waals surface area (Å²) in [5.74, 6) is 0.0255. The maximum Gasteiger partial charge on any atom is 0.261 e. The van der Waals surface area contributed by atoms with E-state index in [1.807, 2.05) is 27.7 Å². The van der Waals surface area contributed by atoms with Crippen LogP contribution in [0, 0.1) is 0 Å². The predicted octanol–water partition coefficient (Wildman–Crippen LogP) is 4.14. The molecule has 0 fully saturated rings. The molecule has 0 radical (unpaired) electrons. The Hall–Kier alpha value is -2.34. The van der Waals surface area contributed by atoms with Gasteiger partial charge >= 0.3 is 0 Å². The van der Waals surface area contributed by atoms with Crippen LogP contribution in [0.5, 0.6) is 0 Å². The highest BCUT2D eigenvalue weighted by atomic mass is 32.2. The van der Waals surface area contributed by atoms with Crippen molar-refractivity contribution < 1.29 is 13.2 Å². The number of benzene rings is 2. The number of hydrogen-bond donors (Lipinski definition) is 2. The molecule has 0 aromatic heterocycles. The quantitative estimate of drug-likeness (QED) is 0.765. The maximum absolute atomic E-state index is 12.7. The number of sulfonamides is 1. The van der Waals surface area contributed by atoms with E-state index >= 15 is 0 Å². The van der Waals surface area contributed by atoms with E-state index in [0.717, 1.165) is 12.0 Å². The van der Waals surface area contributed by atoms with Crippen LogP contribution >= 0.6 is 0 Å². The molecule has 0 aliphatic carbocycles. The lowest BCUT2D eigenvalue weighted by molar-refractivity contribution is 0.0940. The largest absolute Gasteiger partial charge is 0.350 e. The molecule has 0 spiro atoms. The molecule has 2 rings (SSSR count). The van der Waals surface area contributed by atoms with Crippen LogP contribution in [-0.4, -0.2) is 20.4 Å². The molecule has 0 aliphatic heterocycles. The summed E-state index contributed by atoms with van der Waals surface area (Å²) in [6.07, 6.45) is 0.793. The van der Waals surface area contributed by atoms with Gasteiger partial charge in [-0.15, -0.1) is 0 Å². The first-order valence-corrected chi connectivity index (χ1v) is 10.3. The average molecular weight is 375 g/mol. The molecule has 26 heavy (non-hydrogen) atoms. The van der Waals surface area contributed by atoms with E-state index in [0.29, 0.717) is 11.5 Å². The zero-order valence-corrected chi connectivity index (χ0v) is 16.4. The van der Waals surface area contributed by atoms with Crippen LogP contribution < -0.4 is 10.0 Å². The fourth-order valence-electron chi connectivity index (χ4n) is 2.41. The molecule has 2 aromatic rings. The van der Waals surface area contributed by atoms with Gasteiger partial charge in [0, 0.05) is 6.04 Å². The number of amides is 1. The van der Waals surface area contributed by atoms with Gasteiger partial charge in [-0.05, 0) is 49.1 Å². The molecular formula is C20H26N2O3S. The summed E-state index contributed by atoms with van der Waals surface area (Å²) in [6, 6.07) is 13.4. The smallest absolute Gasteiger partial charge is 0.261 e. The third kappa shape index (κ3) is 4.85. The van der Waals surface area contributed by atoms with Crippen LogP contribution in [0.4, 0.5) is 5.69 Å². The third-order valence-corrected chi connectivity index (χ3v) is 5.64. The van der Waals surface area contributed by atoms with Gasteiger partial charge in [0.15, 0.2) is 0 Å². The van der Waals surface area contributed by atoms with Crippen molar-refractivity contribution in [1.29, 1.82) is 0 Å². The molecule has 0 aliphatic rings. The normalized spacial score (nSPS) is 12.7. The van der Waals surface area contributed by atoms with Gasteiger partial charge in [0.25, 0.3) is 15.9 Å².